The highest BCUT2D eigenvalue weighted by Crippen LogP contribution is 2.30. The van der Waals surface area contributed by atoms with Gasteiger partial charge in [-0.2, -0.15) is 0 Å². The molecule has 0 heterocycles. The van der Waals surface area contributed by atoms with Crippen LogP contribution in [-0.2, 0) is 0 Å². The maximum Gasteiger partial charge on any atom is 0.191 e. The van der Waals surface area contributed by atoms with Crippen molar-refractivity contribution >= 4 is 29.9 Å². The van der Waals surface area contributed by atoms with Crippen molar-refractivity contribution in [1.82, 2.24) is 10.6 Å². The van der Waals surface area contributed by atoms with Crippen LogP contribution in [0.25, 0.3) is 0 Å². The second-order valence-corrected chi connectivity index (χ2v) is 6.82. The molecule has 156 valence electrons. The highest BCUT2D eigenvalue weighted by atomic mass is 127. The summed E-state index contributed by atoms with van der Waals surface area (Å²) in [7, 11) is 0. The lowest BCUT2D eigenvalue weighted by atomic mass is 9.79. The van der Waals surface area contributed by atoms with Crippen LogP contribution >= 0.6 is 24.0 Å². The van der Waals surface area contributed by atoms with Gasteiger partial charge in [0.05, 0.1) is 0 Å². The second-order valence-electron chi connectivity index (χ2n) is 6.82. The van der Waals surface area contributed by atoms with Crippen molar-refractivity contribution in [2.24, 2.45) is 10.4 Å². The molecule has 0 radical (unpaired) electrons. The van der Waals surface area contributed by atoms with Gasteiger partial charge in [0.1, 0.15) is 11.6 Å². The van der Waals surface area contributed by atoms with Gasteiger partial charge in [-0.05, 0) is 43.2 Å². The Labute approximate surface area is 179 Å². The van der Waals surface area contributed by atoms with Crippen molar-refractivity contribution in [3.63, 3.8) is 0 Å². The molecule has 4 nitrogen and oxygen atoms in total. The summed E-state index contributed by atoms with van der Waals surface area (Å²) in [6.45, 7) is 10.1. The number of aliphatic hydroxyl groups is 1. The zero-order valence-electron chi connectivity index (χ0n) is 16.8. The molecular weight excluding hydrogens is 463 g/mol. The first-order chi connectivity index (χ1) is 12.4. The Hall–Kier alpha value is -0.960. The Balaban J connectivity index is 0.00000676. The maximum absolute atomic E-state index is 13.9. The molecule has 0 aromatic heterocycles. The molecule has 1 unspecified atom stereocenters. The van der Waals surface area contributed by atoms with Crippen molar-refractivity contribution in [2.75, 3.05) is 26.2 Å². The maximum atomic E-state index is 13.9. The van der Waals surface area contributed by atoms with Crippen LogP contribution < -0.4 is 10.6 Å². The molecule has 27 heavy (non-hydrogen) atoms. The Bertz CT molecular complexity index is 580. The van der Waals surface area contributed by atoms with Gasteiger partial charge in [0.25, 0.3) is 0 Å². The molecule has 0 aliphatic heterocycles. The van der Waals surface area contributed by atoms with Crippen LogP contribution in [0.2, 0.25) is 0 Å². The topological polar surface area (TPSA) is 56.7 Å². The summed E-state index contributed by atoms with van der Waals surface area (Å²) in [5.74, 6) is -0.550. The monoisotopic (exact) mass is 497 g/mol. The Morgan fingerprint density at radius 1 is 1.19 bits per heavy atom. The van der Waals surface area contributed by atoms with E-state index in [0.29, 0.717) is 24.6 Å². The van der Waals surface area contributed by atoms with Gasteiger partial charge < -0.3 is 15.7 Å². The minimum absolute atomic E-state index is 0. The van der Waals surface area contributed by atoms with Crippen molar-refractivity contribution in [3.8, 4) is 0 Å². The van der Waals surface area contributed by atoms with Crippen LogP contribution in [0.1, 0.15) is 58.4 Å². The minimum Gasteiger partial charge on any atom is -0.396 e. The fourth-order valence-corrected chi connectivity index (χ4v) is 2.99. The van der Waals surface area contributed by atoms with Gasteiger partial charge in [0, 0.05) is 38.2 Å². The summed E-state index contributed by atoms with van der Waals surface area (Å²) in [5, 5.41) is 15.8. The van der Waals surface area contributed by atoms with Crippen LogP contribution in [0.4, 0.5) is 8.78 Å². The number of hydrogen-bond donors (Lipinski definition) is 3. The van der Waals surface area contributed by atoms with E-state index < -0.39 is 11.6 Å². The molecule has 0 bridgehead atoms. The van der Waals surface area contributed by atoms with Crippen LogP contribution in [0.5, 0.6) is 0 Å². The fraction of sp³-hybridized carbons (Fsp3) is 0.650. The van der Waals surface area contributed by atoms with E-state index in [2.05, 4.69) is 29.5 Å². The number of rotatable bonds is 10. The number of benzene rings is 1. The van der Waals surface area contributed by atoms with Gasteiger partial charge in [-0.25, -0.2) is 8.78 Å². The molecule has 7 heteroatoms. The normalized spacial score (nSPS) is 13.1. The lowest BCUT2D eigenvalue weighted by Gasteiger charge is -2.29. The predicted molar refractivity (Wildman–Crippen MR) is 119 cm³/mol. The van der Waals surface area contributed by atoms with Gasteiger partial charge in [-0.15, -0.1) is 24.0 Å². The third-order valence-electron chi connectivity index (χ3n) is 5.13. The van der Waals surface area contributed by atoms with Gasteiger partial charge in [-0.3, -0.25) is 4.99 Å². The van der Waals surface area contributed by atoms with Crippen LogP contribution in [0, 0.1) is 17.0 Å². The van der Waals surface area contributed by atoms with Crippen molar-refractivity contribution in [2.45, 2.75) is 52.9 Å². The smallest absolute Gasteiger partial charge is 0.191 e. The molecule has 0 saturated carbocycles. The average molecular weight is 497 g/mol. The molecular formula is C20H34F2IN3O. The zero-order chi connectivity index (χ0) is 19.6. The minimum atomic E-state index is -0.569. The summed E-state index contributed by atoms with van der Waals surface area (Å²) < 4.78 is 27.0. The summed E-state index contributed by atoms with van der Waals surface area (Å²) in [4.78, 5) is 4.68. The first-order valence-corrected chi connectivity index (χ1v) is 9.49. The van der Waals surface area contributed by atoms with Crippen molar-refractivity contribution < 1.29 is 13.9 Å². The predicted octanol–water partition coefficient (Wildman–Crippen LogP) is 4.43. The van der Waals surface area contributed by atoms with E-state index >= 15 is 0 Å². The number of halogens is 3. The van der Waals surface area contributed by atoms with Gasteiger partial charge in [-0.1, -0.05) is 26.8 Å². The van der Waals surface area contributed by atoms with E-state index in [1.807, 2.05) is 13.8 Å². The lowest BCUT2D eigenvalue weighted by Crippen LogP contribution is -2.40. The first kappa shape index (κ1) is 26.0. The Kier molecular flexibility index (Phi) is 12.8. The summed E-state index contributed by atoms with van der Waals surface area (Å²) >= 11 is 0. The van der Waals surface area contributed by atoms with Crippen LogP contribution in [0.3, 0.4) is 0 Å². The van der Waals surface area contributed by atoms with E-state index in [-0.39, 0.29) is 41.9 Å². The molecule has 1 aromatic carbocycles. The molecule has 1 atom stereocenters. The second kappa shape index (κ2) is 13.3. The lowest BCUT2D eigenvalue weighted by molar-refractivity contribution is 0.175. The van der Waals surface area contributed by atoms with E-state index in [1.165, 1.54) is 12.1 Å². The first-order valence-electron chi connectivity index (χ1n) is 9.49. The molecule has 0 amide bonds. The molecule has 1 rings (SSSR count). The third kappa shape index (κ3) is 8.29. The van der Waals surface area contributed by atoms with E-state index in [0.717, 1.165) is 31.9 Å². The summed E-state index contributed by atoms with van der Waals surface area (Å²) in [5.41, 5.74) is 0.470. The molecule has 0 aliphatic carbocycles. The number of aliphatic hydroxyl groups excluding tert-OH is 1. The zero-order valence-corrected chi connectivity index (χ0v) is 19.1. The van der Waals surface area contributed by atoms with Gasteiger partial charge >= 0.3 is 0 Å². The summed E-state index contributed by atoms with van der Waals surface area (Å²) in [6.07, 6.45) is 2.62. The van der Waals surface area contributed by atoms with Gasteiger partial charge in [0.2, 0.25) is 0 Å². The fourth-order valence-electron chi connectivity index (χ4n) is 2.99. The number of guanidine groups is 1. The molecule has 0 aliphatic rings. The molecule has 0 saturated heterocycles. The average Bonchev–Trinajstić information content (AvgIpc) is 2.62. The van der Waals surface area contributed by atoms with Crippen molar-refractivity contribution in [1.29, 1.82) is 0 Å². The van der Waals surface area contributed by atoms with E-state index in [4.69, 9.17) is 0 Å². The van der Waals surface area contributed by atoms with Gasteiger partial charge in [0.15, 0.2) is 5.96 Å². The van der Waals surface area contributed by atoms with E-state index in [1.54, 1.807) is 0 Å². The van der Waals surface area contributed by atoms with Crippen LogP contribution in [0.15, 0.2) is 23.2 Å². The molecule has 0 fully saturated rings. The Morgan fingerprint density at radius 3 is 2.37 bits per heavy atom. The molecule has 0 spiro atoms. The highest BCUT2D eigenvalue weighted by molar-refractivity contribution is 14.0. The number of nitrogens with zero attached hydrogens (tertiary/aromatic N) is 1. The van der Waals surface area contributed by atoms with Crippen molar-refractivity contribution in [3.05, 3.63) is 35.4 Å². The summed E-state index contributed by atoms with van der Waals surface area (Å²) in [6, 6.07) is 3.68. The quantitative estimate of drug-likeness (QED) is 0.255. The third-order valence-corrected chi connectivity index (χ3v) is 5.13. The number of hydrogen-bond acceptors (Lipinski definition) is 2. The number of aliphatic imine (C=N–C) groups is 1. The Morgan fingerprint density at radius 2 is 1.85 bits per heavy atom. The molecule has 1 aromatic rings. The largest absolute Gasteiger partial charge is 0.396 e. The van der Waals surface area contributed by atoms with E-state index in [9.17, 15) is 13.9 Å². The van der Waals surface area contributed by atoms with Crippen LogP contribution in [-0.4, -0.2) is 37.3 Å². The molecule has 3 N–H and O–H groups in total. The highest BCUT2D eigenvalue weighted by Gasteiger charge is 2.25. The number of nitrogens with one attached hydrogen (secondary N) is 2. The standard InChI is InChI=1S/C20H33F2N3O.HI/c1-5-20(6-2,10-11-26)14-25-19(23-7-3)24-13-15(4)17-9-8-16(21)12-18(17)22;/h8-9,12,15,26H,5-7,10-11,13-14H2,1-4H3,(H2,23,24,25);1H. The SMILES string of the molecule is CCNC(=NCC(CC)(CC)CCO)NCC(C)c1ccc(F)cc1F.I.